The highest BCUT2D eigenvalue weighted by Gasteiger charge is 2.16. The van der Waals surface area contributed by atoms with Crippen LogP contribution in [0.3, 0.4) is 0 Å². The van der Waals surface area contributed by atoms with Crippen LogP contribution in [0.4, 0.5) is 0 Å². The van der Waals surface area contributed by atoms with Gasteiger partial charge in [0, 0.05) is 40.4 Å². The minimum Gasteiger partial charge on any atom is -0.493 e. The number of rotatable bonds is 4. The summed E-state index contributed by atoms with van der Waals surface area (Å²) in [6.07, 6.45) is 5.26. The summed E-state index contributed by atoms with van der Waals surface area (Å²) in [6, 6.07) is 13.7. The van der Waals surface area contributed by atoms with Gasteiger partial charge in [-0.25, -0.2) is 9.97 Å². The molecule has 5 aromatic rings. The summed E-state index contributed by atoms with van der Waals surface area (Å²) in [4.78, 5) is 13.8. The average Bonchev–Trinajstić information content (AvgIpc) is 3.25. The lowest BCUT2D eigenvalue weighted by Gasteiger charge is -2.13. The van der Waals surface area contributed by atoms with Crippen LogP contribution in [0.5, 0.6) is 11.5 Å². The first-order chi connectivity index (χ1) is 14.3. The molecule has 0 aliphatic rings. The van der Waals surface area contributed by atoms with Gasteiger partial charge in [0.1, 0.15) is 0 Å². The van der Waals surface area contributed by atoms with E-state index in [-0.39, 0.29) is 0 Å². The summed E-state index contributed by atoms with van der Waals surface area (Å²) < 4.78 is 11.0. The number of aromatic amines is 1. The number of H-pyrrole nitrogens is 1. The number of pyridine rings is 1. The van der Waals surface area contributed by atoms with Crippen molar-refractivity contribution in [1.29, 1.82) is 0 Å². The van der Waals surface area contributed by atoms with E-state index in [1.165, 1.54) is 0 Å². The van der Waals surface area contributed by atoms with Crippen molar-refractivity contribution in [1.82, 2.24) is 25.1 Å². The average molecular weight is 383 g/mol. The maximum Gasteiger partial charge on any atom is 0.162 e. The Bertz CT molecular complexity index is 1330. The molecule has 0 unspecified atom stereocenters. The number of fused-ring (bicyclic) bond motifs is 2. The Balaban J connectivity index is 1.83. The van der Waals surface area contributed by atoms with Gasteiger partial charge in [0.15, 0.2) is 17.3 Å². The number of methoxy groups -OCH3 is 2. The van der Waals surface area contributed by atoms with Gasteiger partial charge in [-0.05, 0) is 30.3 Å². The summed E-state index contributed by atoms with van der Waals surface area (Å²) in [6.45, 7) is 0. The molecule has 3 heterocycles. The highest BCUT2D eigenvalue weighted by atomic mass is 16.5. The summed E-state index contributed by atoms with van der Waals surface area (Å²) in [7, 11) is 3.23. The first-order valence-electron chi connectivity index (χ1n) is 9.04. The molecular formula is C22H17N5O2. The van der Waals surface area contributed by atoms with Crippen LogP contribution < -0.4 is 9.47 Å². The number of aromatic nitrogens is 5. The zero-order valence-electron chi connectivity index (χ0n) is 15.9. The second-order valence-electron chi connectivity index (χ2n) is 6.53. The SMILES string of the molecule is COc1cc2nc(-c3ccncc3)nc(-c3ccc4[nH]ncc4c3)c2cc1OC. The molecule has 0 bridgehead atoms. The predicted molar refractivity (Wildman–Crippen MR) is 111 cm³/mol. The normalized spacial score (nSPS) is 11.1. The fourth-order valence-corrected chi connectivity index (χ4v) is 3.40. The second kappa shape index (κ2) is 6.87. The van der Waals surface area contributed by atoms with E-state index in [4.69, 9.17) is 19.4 Å². The minimum atomic E-state index is 0.620. The van der Waals surface area contributed by atoms with Crippen LogP contribution in [0.1, 0.15) is 0 Å². The monoisotopic (exact) mass is 383 g/mol. The van der Waals surface area contributed by atoms with Gasteiger partial charge < -0.3 is 9.47 Å². The third-order valence-electron chi connectivity index (χ3n) is 4.85. The Kier molecular flexibility index (Phi) is 4.05. The van der Waals surface area contributed by atoms with Gasteiger partial charge >= 0.3 is 0 Å². The molecule has 0 radical (unpaired) electrons. The number of benzene rings is 2. The highest BCUT2D eigenvalue weighted by molar-refractivity contribution is 5.97. The lowest BCUT2D eigenvalue weighted by molar-refractivity contribution is 0.356. The Morgan fingerprint density at radius 2 is 1.62 bits per heavy atom. The molecule has 0 spiro atoms. The van der Waals surface area contributed by atoms with Gasteiger partial charge in [-0.2, -0.15) is 5.10 Å². The molecule has 0 saturated carbocycles. The first kappa shape index (κ1) is 17.1. The highest BCUT2D eigenvalue weighted by Crippen LogP contribution is 2.37. The van der Waals surface area contributed by atoms with Crippen LogP contribution in [0, 0.1) is 0 Å². The molecule has 0 aliphatic carbocycles. The van der Waals surface area contributed by atoms with E-state index in [0.717, 1.165) is 38.6 Å². The third-order valence-corrected chi connectivity index (χ3v) is 4.85. The standard InChI is InChI=1S/C22H17N5O2/c1-28-19-10-16-18(11-20(19)29-2)25-22(13-5-7-23-8-6-13)26-21(16)14-3-4-17-15(9-14)12-24-27-17/h3-12H,1-2H3,(H,24,27). The van der Waals surface area contributed by atoms with E-state index in [9.17, 15) is 0 Å². The van der Waals surface area contributed by atoms with Crippen LogP contribution in [0.2, 0.25) is 0 Å². The fraction of sp³-hybridized carbons (Fsp3) is 0.0909. The third kappa shape index (κ3) is 2.93. The molecule has 3 aromatic heterocycles. The molecular weight excluding hydrogens is 366 g/mol. The molecule has 0 amide bonds. The van der Waals surface area contributed by atoms with Gasteiger partial charge in [0.2, 0.25) is 0 Å². The summed E-state index contributed by atoms with van der Waals surface area (Å²) in [5, 5.41) is 8.98. The Hall–Kier alpha value is -4.00. The van der Waals surface area contributed by atoms with E-state index >= 15 is 0 Å². The van der Waals surface area contributed by atoms with Crippen molar-refractivity contribution in [2.75, 3.05) is 14.2 Å². The van der Waals surface area contributed by atoms with Crippen molar-refractivity contribution >= 4 is 21.8 Å². The molecule has 0 aliphatic heterocycles. The van der Waals surface area contributed by atoms with Gasteiger partial charge in [0.05, 0.1) is 37.1 Å². The smallest absolute Gasteiger partial charge is 0.162 e. The van der Waals surface area contributed by atoms with Crippen LogP contribution in [-0.2, 0) is 0 Å². The number of hydrogen-bond donors (Lipinski definition) is 1. The molecule has 0 saturated heterocycles. The topological polar surface area (TPSA) is 85.8 Å². The Morgan fingerprint density at radius 1 is 0.828 bits per heavy atom. The minimum absolute atomic E-state index is 0.620. The van der Waals surface area contributed by atoms with Crippen molar-refractivity contribution in [2.24, 2.45) is 0 Å². The van der Waals surface area contributed by atoms with Gasteiger partial charge in [-0.3, -0.25) is 10.1 Å². The summed E-state index contributed by atoms with van der Waals surface area (Å²) in [5.74, 6) is 1.87. The van der Waals surface area contributed by atoms with E-state index in [0.29, 0.717) is 17.3 Å². The van der Waals surface area contributed by atoms with Crippen LogP contribution in [-0.4, -0.2) is 39.4 Å². The molecule has 142 valence electrons. The molecule has 2 aromatic carbocycles. The number of ether oxygens (including phenoxy) is 2. The molecule has 7 nitrogen and oxygen atoms in total. The zero-order chi connectivity index (χ0) is 19.8. The molecule has 0 fully saturated rings. The molecule has 29 heavy (non-hydrogen) atoms. The van der Waals surface area contributed by atoms with Crippen molar-refractivity contribution in [3.05, 3.63) is 61.1 Å². The number of nitrogens with zero attached hydrogens (tertiary/aromatic N) is 4. The number of hydrogen-bond acceptors (Lipinski definition) is 6. The molecule has 5 rings (SSSR count). The lowest BCUT2D eigenvalue weighted by atomic mass is 10.0. The van der Waals surface area contributed by atoms with Gasteiger partial charge in [-0.15, -0.1) is 0 Å². The zero-order valence-corrected chi connectivity index (χ0v) is 15.9. The Morgan fingerprint density at radius 3 is 2.41 bits per heavy atom. The van der Waals surface area contributed by atoms with Crippen LogP contribution in [0.25, 0.3) is 44.5 Å². The van der Waals surface area contributed by atoms with Gasteiger partial charge in [-0.1, -0.05) is 6.07 Å². The summed E-state index contributed by atoms with van der Waals surface area (Å²) in [5.41, 5.74) is 4.41. The molecule has 1 N–H and O–H groups in total. The quantitative estimate of drug-likeness (QED) is 0.499. The largest absolute Gasteiger partial charge is 0.493 e. The Labute approximate surface area is 166 Å². The maximum absolute atomic E-state index is 5.50. The van der Waals surface area contributed by atoms with Crippen molar-refractivity contribution in [3.8, 4) is 34.1 Å². The van der Waals surface area contributed by atoms with E-state index in [2.05, 4.69) is 21.2 Å². The van der Waals surface area contributed by atoms with Crippen molar-refractivity contribution in [2.45, 2.75) is 0 Å². The summed E-state index contributed by atoms with van der Waals surface area (Å²) >= 11 is 0. The maximum atomic E-state index is 5.50. The van der Waals surface area contributed by atoms with E-state index in [1.807, 2.05) is 36.4 Å². The molecule has 7 heteroatoms. The van der Waals surface area contributed by atoms with E-state index in [1.54, 1.807) is 32.8 Å². The predicted octanol–water partition coefficient (Wildman–Crippen LogP) is 4.25. The van der Waals surface area contributed by atoms with Crippen molar-refractivity contribution in [3.63, 3.8) is 0 Å². The van der Waals surface area contributed by atoms with Crippen LogP contribution >= 0.6 is 0 Å². The fourth-order valence-electron chi connectivity index (χ4n) is 3.40. The number of nitrogens with one attached hydrogen (secondary N) is 1. The molecule has 0 atom stereocenters. The first-order valence-corrected chi connectivity index (χ1v) is 9.04. The van der Waals surface area contributed by atoms with Crippen LogP contribution in [0.15, 0.2) is 61.1 Å². The second-order valence-corrected chi connectivity index (χ2v) is 6.53. The van der Waals surface area contributed by atoms with Crippen molar-refractivity contribution < 1.29 is 9.47 Å². The lowest BCUT2D eigenvalue weighted by Crippen LogP contribution is -1.98. The van der Waals surface area contributed by atoms with E-state index < -0.39 is 0 Å². The van der Waals surface area contributed by atoms with Gasteiger partial charge in [0.25, 0.3) is 0 Å².